The van der Waals surface area contributed by atoms with Crippen molar-refractivity contribution >= 4 is 17.9 Å². The van der Waals surface area contributed by atoms with Gasteiger partial charge in [-0.3, -0.25) is 0 Å². The molecule has 10 heteroatoms. The smallest absolute Gasteiger partial charge is 0.335 e. The molecule has 3 aromatic carbocycles. The topological polar surface area (TPSA) is 171 Å². The molecule has 0 fully saturated rings. The zero-order chi connectivity index (χ0) is 27.7. The van der Waals surface area contributed by atoms with E-state index in [-0.39, 0.29) is 13.2 Å². The predicted molar refractivity (Wildman–Crippen MR) is 136 cm³/mol. The number of hydrogen-bond acceptors (Lipinski definition) is 7. The van der Waals surface area contributed by atoms with E-state index in [9.17, 15) is 14.4 Å². The van der Waals surface area contributed by atoms with E-state index in [0.717, 1.165) is 0 Å². The van der Waals surface area contributed by atoms with Crippen molar-refractivity contribution in [1.82, 2.24) is 0 Å². The van der Waals surface area contributed by atoms with Gasteiger partial charge in [0.25, 0.3) is 0 Å². The molecular weight excluding hydrogens is 484 g/mol. The van der Waals surface area contributed by atoms with Crippen LogP contribution in [0.3, 0.4) is 0 Å². The first-order chi connectivity index (χ1) is 17.8. The fourth-order valence-corrected chi connectivity index (χ4v) is 2.19. The molecule has 0 spiro atoms. The number of carbonyl (C=O) groups is 3. The Hall–Kier alpha value is -4.09. The van der Waals surface area contributed by atoms with Gasteiger partial charge in [-0.25, -0.2) is 14.4 Å². The van der Waals surface area contributed by atoms with E-state index < -0.39 is 17.9 Å². The van der Waals surface area contributed by atoms with E-state index in [1.807, 2.05) is 0 Å². The van der Waals surface area contributed by atoms with Crippen LogP contribution in [0.4, 0.5) is 0 Å². The highest BCUT2D eigenvalue weighted by Gasteiger charge is 1.98. The molecule has 0 aliphatic rings. The van der Waals surface area contributed by atoms with Gasteiger partial charge in [-0.2, -0.15) is 0 Å². The second-order valence-electron chi connectivity index (χ2n) is 6.69. The molecule has 0 atom stereocenters. The zero-order valence-corrected chi connectivity index (χ0v) is 20.2. The maximum atomic E-state index is 10.2. The molecule has 0 heterocycles. The molecule has 200 valence electrons. The van der Waals surface area contributed by atoms with Gasteiger partial charge in [0.2, 0.25) is 0 Å². The van der Waals surface area contributed by atoms with Crippen molar-refractivity contribution in [1.29, 1.82) is 0 Å². The van der Waals surface area contributed by atoms with Crippen LogP contribution in [0.1, 0.15) is 31.1 Å². The Labute approximate surface area is 215 Å². The number of benzene rings is 3. The Kier molecular flexibility index (Phi) is 19.9. The highest BCUT2D eigenvalue weighted by Crippen LogP contribution is 1.97. The van der Waals surface area contributed by atoms with Crippen LogP contribution in [0.5, 0.6) is 0 Å². The summed E-state index contributed by atoms with van der Waals surface area (Å²) in [5.74, 6) is -2.64. The number of aromatic carboxylic acids is 3. The lowest BCUT2D eigenvalue weighted by atomic mass is 10.2. The van der Waals surface area contributed by atoms with E-state index in [1.54, 1.807) is 91.0 Å². The van der Waals surface area contributed by atoms with E-state index in [4.69, 9.17) is 35.0 Å². The third-order valence-corrected chi connectivity index (χ3v) is 3.91. The van der Waals surface area contributed by atoms with Crippen LogP contribution in [-0.2, 0) is 9.47 Å². The largest absolute Gasteiger partial charge is 0.478 e. The Morgan fingerprint density at radius 1 is 0.459 bits per heavy atom. The monoisotopic (exact) mass is 516 g/mol. The van der Waals surface area contributed by atoms with Gasteiger partial charge in [-0.15, -0.1) is 0 Å². The Morgan fingerprint density at radius 2 is 0.703 bits per heavy atom. The second-order valence-corrected chi connectivity index (χ2v) is 6.69. The standard InChI is InChI=1S/3C7H6O2.C6H14O4/c3*8-7(9)6-4-2-1-3-5-6;7-1-3-9-5-6-10-4-2-8/h3*1-5H,(H,8,9);7-8H,1-6H2. The summed E-state index contributed by atoms with van der Waals surface area (Å²) in [7, 11) is 0. The second kappa shape index (κ2) is 22.4. The first-order valence-corrected chi connectivity index (χ1v) is 11.1. The minimum Gasteiger partial charge on any atom is -0.478 e. The number of ether oxygens (including phenoxy) is 2. The number of carboxylic acids is 3. The van der Waals surface area contributed by atoms with E-state index >= 15 is 0 Å². The predicted octanol–water partition coefficient (Wildman–Crippen LogP) is 3.16. The average Bonchev–Trinajstić information content (AvgIpc) is 2.93. The zero-order valence-electron chi connectivity index (χ0n) is 20.2. The minimum atomic E-state index is -0.879. The van der Waals surface area contributed by atoms with Crippen molar-refractivity contribution in [2.75, 3.05) is 39.6 Å². The first kappa shape index (κ1) is 32.9. The molecule has 10 nitrogen and oxygen atoms in total. The molecule has 0 saturated heterocycles. The summed E-state index contributed by atoms with van der Waals surface area (Å²) in [6.45, 7) is 1.73. The van der Waals surface area contributed by atoms with Crippen LogP contribution < -0.4 is 0 Å². The number of rotatable bonds is 10. The molecule has 0 saturated carbocycles. The Morgan fingerprint density at radius 3 is 0.865 bits per heavy atom. The summed E-state index contributed by atoms with van der Waals surface area (Å²) in [6, 6.07) is 24.9. The number of hydrogen-bond donors (Lipinski definition) is 5. The minimum absolute atomic E-state index is 0.0417. The summed E-state index contributed by atoms with van der Waals surface area (Å²) in [5.41, 5.74) is 0.993. The van der Waals surface area contributed by atoms with Gasteiger partial charge in [0.1, 0.15) is 0 Å². The summed E-state index contributed by atoms with van der Waals surface area (Å²) < 4.78 is 9.75. The Balaban J connectivity index is 0.000000467. The van der Waals surface area contributed by atoms with Crippen molar-refractivity contribution in [2.45, 2.75) is 0 Å². The average molecular weight is 517 g/mol. The molecule has 0 unspecified atom stereocenters. The molecule has 0 radical (unpaired) electrons. The van der Waals surface area contributed by atoms with Gasteiger partial charge in [0.15, 0.2) is 0 Å². The molecule has 0 aliphatic carbocycles. The van der Waals surface area contributed by atoms with Gasteiger partial charge >= 0.3 is 17.9 Å². The quantitative estimate of drug-likeness (QED) is 0.252. The Bertz CT molecular complexity index is 854. The number of carboxylic acid groups (broad SMARTS) is 3. The van der Waals surface area contributed by atoms with Crippen LogP contribution in [0.25, 0.3) is 0 Å². The summed E-state index contributed by atoms with van der Waals surface area (Å²) >= 11 is 0. The normalized spacial score (nSPS) is 9.24. The highest BCUT2D eigenvalue weighted by molar-refractivity contribution is 5.88. The lowest BCUT2D eigenvalue weighted by molar-refractivity contribution is 0.0222. The summed E-state index contributed by atoms with van der Waals surface area (Å²) in [5, 5.41) is 41.7. The fraction of sp³-hybridized carbons (Fsp3) is 0.222. The van der Waals surface area contributed by atoms with E-state index in [1.165, 1.54) is 0 Å². The lowest BCUT2D eigenvalue weighted by Crippen LogP contribution is -2.09. The van der Waals surface area contributed by atoms with Crippen molar-refractivity contribution in [3.63, 3.8) is 0 Å². The first-order valence-electron chi connectivity index (χ1n) is 11.1. The molecule has 0 bridgehead atoms. The molecule has 37 heavy (non-hydrogen) atoms. The maximum absolute atomic E-state index is 10.2. The number of aliphatic hydroxyl groups is 2. The third-order valence-electron chi connectivity index (χ3n) is 3.91. The van der Waals surface area contributed by atoms with Crippen molar-refractivity contribution < 1.29 is 49.4 Å². The van der Waals surface area contributed by atoms with Crippen molar-refractivity contribution in [3.8, 4) is 0 Å². The molecule has 0 aromatic heterocycles. The van der Waals surface area contributed by atoms with Crippen LogP contribution >= 0.6 is 0 Å². The molecule has 3 aromatic rings. The molecule has 5 N–H and O–H groups in total. The van der Waals surface area contributed by atoms with Gasteiger partial charge < -0.3 is 35.0 Å². The molecule has 0 aliphatic heterocycles. The summed E-state index contributed by atoms with van der Waals surface area (Å²) in [4.78, 5) is 30.6. The molecule has 3 rings (SSSR count). The van der Waals surface area contributed by atoms with Gasteiger partial charge in [-0.1, -0.05) is 54.6 Å². The maximum Gasteiger partial charge on any atom is 0.335 e. The van der Waals surface area contributed by atoms with Gasteiger partial charge in [-0.05, 0) is 36.4 Å². The van der Waals surface area contributed by atoms with E-state index in [2.05, 4.69) is 0 Å². The van der Waals surface area contributed by atoms with Crippen LogP contribution in [0, 0.1) is 0 Å². The fourth-order valence-electron chi connectivity index (χ4n) is 2.19. The lowest BCUT2D eigenvalue weighted by Gasteiger charge is -2.01. The van der Waals surface area contributed by atoms with Crippen LogP contribution in [-0.4, -0.2) is 83.1 Å². The van der Waals surface area contributed by atoms with Crippen LogP contribution in [0.2, 0.25) is 0 Å². The van der Waals surface area contributed by atoms with Crippen molar-refractivity contribution in [3.05, 3.63) is 108 Å². The number of aliphatic hydroxyl groups excluding tert-OH is 2. The molecular formula is C27H32O10. The SMILES string of the molecule is O=C(O)c1ccccc1.O=C(O)c1ccccc1.O=C(O)c1ccccc1.OCCOCCOCCO. The highest BCUT2D eigenvalue weighted by atomic mass is 16.5. The van der Waals surface area contributed by atoms with Gasteiger partial charge in [0.05, 0.1) is 56.3 Å². The van der Waals surface area contributed by atoms with Crippen LogP contribution in [0.15, 0.2) is 91.0 Å². The third kappa shape index (κ3) is 18.9. The van der Waals surface area contributed by atoms with E-state index in [0.29, 0.717) is 43.1 Å². The van der Waals surface area contributed by atoms with Gasteiger partial charge in [0, 0.05) is 0 Å². The van der Waals surface area contributed by atoms with Crippen molar-refractivity contribution in [2.24, 2.45) is 0 Å². The molecule has 0 amide bonds. The summed E-state index contributed by atoms with van der Waals surface area (Å²) in [6.07, 6.45) is 0.